The molecule has 2 atom stereocenters. The molecule has 0 aromatic carbocycles. The Morgan fingerprint density at radius 3 is 2.71 bits per heavy atom. The largest absolute Gasteiger partial charge is 0.354 e. The summed E-state index contributed by atoms with van der Waals surface area (Å²) < 4.78 is 0. The first kappa shape index (κ1) is 15.6. The van der Waals surface area contributed by atoms with E-state index in [9.17, 15) is 4.79 Å². The lowest BCUT2D eigenvalue weighted by molar-refractivity contribution is -0.130. The highest BCUT2D eigenvalue weighted by Crippen LogP contribution is 2.38. The molecule has 1 amide bonds. The van der Waals surface area contributed by atoms with Gasteiger partial charge >= 0.3 is 0 Å². The number of carbonyl (C=O) groups excluding carboxylic acids is 1. The van der Waals surface area contributed by atoms with E-state index in [4.69, 9.17) is 4.98 Å². The van der Waals surface area contributed by atoms with Gasteiger partial charge in [-0.25, -0.2) is 4.98 Å². The lowest BCUT2D eigenvalue weighted by atomic mass is 10.1. The second-order valence-electron chi connectivity index (χ2n) is 7.34. The van der Waals surface area contributed by atoms with Crippen LogP contribution in [0.1, 0.15) is 31.7 Å². The molecule has 3 heterocycles. The second kappa shape index (κ2) is 5.88. The minimum atomic E-state index is 0.161. The van der Waals surface area contributed by atoms with E-state index in [1.54, 1.807) is 0 Å². The summed E-state index contributed by atoms with van der Waals surface area (Å²) >= 11 is 0. The number of hydrogen-bond acceptors (Lipinski definition) is 6. The Kier molecular flexibility index (Phi) is 3.83. The normalized spacial score (nSPS) is 26.8. The highest BCUT2D eigenvalue weighted by atomic mass is 16.2. The van der Waals surface area contributed by atoms with Gasteiger partial charge in [-0.1, -0.05) is 13.8 Å². The van der Waals surface area contributed by atoms with Crippen molar-refractivity contribution < 1.29 is 4.79 Å². The number of fused-ring (bicyclic) bond motifs is 1. The van der Waals surface area contributed by atoms with Crippen LogP contribution in [-0.4, -0.2) is 72.6 Å². The molecule has 1 N–H and O–H groups in total. The molecule has 0 unspecified atom stereocenters. The summed E-state index contributed by atoms with van der Waals surface area (Å²) in [6.07, 6.45) is 2.99. The molecule has 130 valence electrons. The number of hydrogen-bond donors (Lipinski definition) is 1. The number of carbonyl (C=O) groups is 1. The molecule has 1 aromatic rings. The molecular weight excluding hydrogens is 304 g/mol. The van der Waals surface area contributed by atoms with Crippen LogP contribution < -0.4 is 15.1 Å². The second-order valence-corrected chi connectivity index (χ2v) is 7.34. The third-order valence-electron chi connectivity index (χ3n) is 5.40. The molecule has 0 bridgehead atoms. The molecule has 0 radical (unpaired) electrons. The third-order valence-corrected chi connectivity index (χ3v) is 5.40. The van der Waals surface area contributed by atoms with Gasteiger partial charge in [0.1, 0.15) is 12.4 Å². The quantitative estimate of drug-likeness (QED) is 0.867. The number of nitrogens with zero attached hydrogens (tertiary/aromatic N) is 5. The van der Waals surface area contributed by atoms with Crippen LogP contribution >= 0.6 is 0 Å². The summed E-state index contributed by atoms with van der Waals surface area (Å²) in [5.41, 5.74) is 1.19. The predicted octanol–water partition coefficient (Wildman–Crippen LogP) is 0.429. The molecule has 7 nitrogen and oxygen atoms in total. The van der Waals surface area contributed by atoms with Crippen LogP contribution in [0.5, 0.6) is 0 Å². The van der Waals surface area contributed by atoms with E-state index >= 15 is 0 Å². The Morgan fingerprint density at radius 2 is 2.00 bits per heavy atom. The van der Waals surface area contributed by atoms with Crippen LogP contribution in [-0.2, 0) is 4.79 Å². The summed E-state index contributed by atoms with van der Waals surface area (Å²) in [6, 6.07) is 0.718. The average molecular weight is 330 g/mol. The van der Waals surface area contributed by atoms with Crippen molar-refractivity contribution in [2.75, 3.05) is 49.6 Å². The van der Waals surface area contributed by atoms with E-state index in [1.165, 1.54) is 5.56 Å². The van der Waals surface area contributed by atoms with Gasteiger partial charge in [-0.05, 0) is 12.3 Å². The Hall–Kier alpha value is -1.89. The molecule has 1 aliphatic carbocycles. The first-order valence-electron chi connectivity index (χ1n) is 8.91. The number of likely N-dealkylation sites (N-methyl/N-ethyl adjacent to an activating group) is 1. The third kappa shape index (κ3) is 2.60. The van der Waals surface area contributed by atoms with Crippen LogP contribution in [0.15, 0.2) is 6.20 Å². The van der Waals surface area contributed by atoms with E-state index in [1.807, 2.05) is 18.1 Å². The van der Waals surface area contributed by atoms with Crippen molar-refractivity contribution in [1.29, 1.82) is 0 Å². The highest BCUT2D eigenvalue weighted by Gasteiger charge is 2.51. The Bertz CT molecular complexity index is 642. The fourth-order valence-electron chi connectivity index (χ4n) is 3.75. The Labute approximate surface area is 143 Å². The van der Waals surface area contributed by atoms with E-state index < -0.39 is 0 Å². The summed E-state index contributed by atoms with van der Waals surface area (Å²) in [5.74, 6) is 2.29. The van der Waals surface area contributed by atoms with Gasteiger partial charge in [-0.2, -0.15) is 4.98 Å². The van der Waals surface area contributed by atoms with E-state index in [2.05, 4.69) is 33.9 Å². The van der Waals surface area contributed by atoms with Crippen LogP contribution in [0.2, 0.25) is 0 Å². The maximum atomic E-state index is 12.2. The van der Waals surface area contributed by atoms with Crippen LogP contribution in [0.3, 0.4) is 0 Å². The molecule has 24 heavy (non-hydrogen) atoms. The van der Waals surface area contributed by atoms with Gasteiger partial charge in [0, 0.05) is 45.0 Å². The molecule has 3 aliphatic rings. The molecular formula is C17H26N6O. The number of nitrogens with one attached hydrogen (secondary N) is 1. The van der Waals surface area contributed by atoms with Crippen molar-refractivity contribution in [3.05, 3.63) is 11.8 Å². The van der Waals surface area contributed by atoms with Crippen molar-refractivity contribution in [1.82, 2.24) is 20.2 Å². The average Bonchev–Trinajstić information content (AvgIpc) is 3.39. The number of aromatic nitrogens is 2. The Balaban J connectivity index is 1.66. The zero-order valence-corrected chi connectivity index (χ0v) is 14.7. The van der Waals surface area contributed by atoms with Crippen LogP contribution in [0.4, 0.5) is 11.8 Å². The Morgan fingerprint density at radius 1 is 1.25 bits per heavy atom. The molecule has 2 aliphatic heterocycles. The SMILES string of the molecule is CC(C)c1cnc(N2CC(=O)N(C)[C@@H]3C[C@@H]32)nc1N1CCNCC1. The topological polar surface area (TPSA) is 64.6 Å². The summed E-state index contributed by atoms with van der Waals surface area (Å²) in [4.78, 5) is 28.0. The standard InChI is InChI=1S/C17H26N6O/c1-11(2)12-9-19-17(20-16(12)22-6-4-18-5-7-22)23-10-15(24)21(3)13-8-14(13)23/h9,11,13-14,18H,4-8,10H2,1-3H3/t13-,14+/m1/s1. The van der Waals surface area contributed by atoms with Crippen molar-refractivity contribution in [3.63, 3.8) is 0 Å². The van der Waals surface area contributed by atoms with Crippen LogP contribution in [0, 0.1) is 0 Å². The van der Waals surface area contributed by atoms with Crippen molar-refractivity contribution in [3.8, 4) is 0 Å². The lowest BCUT2D eigenvalue weighted by Gasteiger charge is -2.34. The predicted molar refractivity (Wildman–Crippen MR) is 93.5 cm³/mol. The van der Waals surface area contributed by atoms with Gasteiger partial charge in [0.25, 0.3) is 0 Å². The first-order valence-corrected chi connectivity index (χ1v) is 8.91. The van der Waals surface area contributed by atoms with Gasteiger partial charge in [0.2, 0.25) is 11.9 Å². The molecule has 1 saturated carbocycles. The fraction of sp³-hybridized carbons (Fsp3) is 0.706. The maximum Gasteiger partial charge on any atom is 0.242 e. The van der Waals surface area contributed by atoms with Gasteiger partial charge < -0.3 is 20.0 Å². The summed E-state index contributed by atoms with van der Waals surface area (Å²) in [7, 11) is 1.90. The minimum absolute atomic E-state index is 0.161. The minimum Gasteiger partial charge on any atom is -0.354 e. The molecule has 7 heteroatoms. The van der Waals surface area contributed by atoms with E-state index in [0.717, 1.165) is 38.4 Å². The number of piperazine rings is 2. The zero-order chi connectivity index (χ0) is 16.8. The van der Waals surface area contributed by atoms with E-state index in [0.29, 0.717) is 30.5 Å². The highest BCUT2D eigenvalue weighted by molar-refractivity contribution is 5.84. The fourth-order valence-corrected chi connectivity index (χ4v) is 3.75. The molecule has 2 saturated heterocycles. The molecule has 4 rings (SSSR count). The van der Waals surface area contributed by atoms with Gasteiger partial charge in [-0.3, -0.25) is 4.79 Å². The maximum absolute atomic E-state index is 12.2. The smallest absolute Gasteiger partial charge is 0.242 e. The van der Waals surface area contributed by atoms with Gasteiger partial charge in [0.15, 0.2) is 0 Å². The van der Waals surface area contributed by atoms with Gasteiger partial charge in [-0.15, -0.1) is 0 Å². The van der Waals surface area contributed by atoms with Crippen molar-refractivity contribution in [2.24, 2.45) is 0 Å². The van der Waals surface area contributed by atoms with Crippen LogP contribution in [0.25, 0.3) is 0 Å². The molecule has 3 fully saturated rings. The summed E-state index contributed by atoms with van der Waals surface area (Å²) in [5, 5.41) is 3.39. The molecule has 1 aromatic heterocycles. The van der Waals surface area contributed by atoms with E-state index in [-0.39, 0.29) is 5.91 Å². The van der Waals surface area contributed by atoms with Crippen molar-refractivity contribution >= 4 is 17.7 Å². The lowest BCUT2D eigenvalue weighted by Crippen LogP contribution is -2.49. The number of rotatable bonds is 3. The first-order chi connectivity index (χ1) is 11.6. The zero-order valence-electron chi connectivity index (χ0n) is 14.7. The monoisotopic (exact) mass is 330 g/mol. The number of anilines is 2. The summed E-state index contributed by atoms with van der Waals surface area (Å²) in [6.45, 7) is 8.64. The van der Waals surface area contributed by atoms with Crippen molar-refractivity contribution in [2.45, 2.75) is 38.3 Å². The van der Waals surface area contributed by atoms with Gasteiger partial charge in [0.05, 0.1) is 12.1 Å². The molecule has 0 spiro atoms. The number of amides is 1.